The zero-order chi connectivity index (χ0) is 14.8. The molecule has 0 spiro atoms. The van der Waals surface area contributed by atoms with Gasteiger partial charge in [0.05, 0.1) is 14.2 Å². The highest BCUT2D eigenvalue weighted by Gasteiger charge is 2.20. The van der Waals surface area contributed by atoms with E-state index in [4.69, 9.17) is 15.2 Å². The molecule has 1 saturated heterocycles. The molecule has 2 N–H and O–H groups in total. The third-order valence-electron chi connectivity index (χ3n) is 4.00. The number of hydrogen-bond donors (Lipinski definition) is 1. The topological polar surface area (TPSA) is 60.6 Å². The van der Waals surface area contributed by atoms with Crippen LogP contribution in [-0.4, -0.2) is 38.3 Å². The van der Waals surface area contributed by atoms with Gasteiger partial charge in [-0.05, 0) is 36.4 Å². The van der Waals surface area contributed by atoms with Gasteiger partial charge in [0, 0.05) is 30.7 Å². The molecule has 1 aliphatic rings. The number of benzene rings is 1. The molecular formula is C16H21N3O2. The number of piperidine rings is 1. The van der Waals surface area contributed by atoms with E-state index in [2.05, 4.69) is 9.88 Å². The van der Waals surface area contributed by atoms with Crippen LogP contribution in [-0.2, 0) is 0 Å². The zero-order valence-corrected chi connectivity index (χ0v) is 12.5. The lowest BCUT2D eigenvalue weighted by Gasteiger charge is -2.32. The van der Waals surface area contributed by atoms with Crippen LogP contribution in [0.2, 0.25) is 0 Å². The van der Waals surface area contributed by atoms with Crippen LogP contribution >= 0.6 is 0 Å². The van der Waals surface area contributed by atoms with Gasteiger partial charge in [-0.1, -0.05) is 0 Å². The molecule has 0 aliphatic carbocycles. The normalized spacial score (nSPS) is 18.8. The molecule has 0 saturated carbocycles. The van der Waals surface area contributed by atoms with Crippen molar-refractivity contribution in [3.8, 4) is 11.5 Å². The molecule has 5 heteroatoms. The van der Waals surface area contributed by atoms with Gasteiger partial charge < -0.3 is 20.1 Å². The summed E-state index contributed by atoms with van der Waals surface area (Å²) in [5.74, 6) is 2.43. The number of hydrogen-bond acceptors (Lipinski definition) is 5. The average Bonchev–Trinajstić information content (AvgIpc) is 2.52. The number of anilines is 1. The van der Waals surface area contributed by atoms with E-state index in [1.807, 2.05) is 24.4 Å². The second-order valence-electron chi connectivity index (χ2n) is 5.41. The molecule has 1 aromatic heterocycles. The standard InChI is InChI=1S/C16H21N3O2/c1-20-14-8-11-5-6-18-16(13(11)9-15(14)21-2)19-7-3-4-12(17)10-19/h5-6,8-9,12H,3-4,7,10,17H2,1-2H3/t12-/m1/s1. The summed E-state index contributed by atoms with van der Waals surface area (Å²) in [4.78, 5) is 6.84. The average molecular weight is 287 g/mol. The fourth-order valence-electron chi connectivity index (χ4n) is 2.94. The number of ether oxygens (including phenoxy) is 2. The van der Waals surface area contributed by atoms with Gasteiger partial charge in [-0.2, -0.15) is 0 Å². The molecule has 1 aromatic carbocycles. The Morgan fingerprint density at radius 3 is 2.71 bits per heavy atom. The van der Waals surface area contributed by atoms with E-state index in [0.29, 0.717) is 0 Å². The van der Waals surface area contributed by atoms with Crippen molar-refractivity contribution >= 4 is 16.6 Å². The third kappa shape index (κ3) is 2.61. The second kappa shape index (κ2) is 5.77. The SMILES string of the molecule is COc1cc2ccnc(N3CCC[C@@H](N)C3)c2cc1OC. The summed E-state index contributed by atoms with van der Waals surface area (Å²) in [5, 5.41) is 2.17. The minimum Gasteiger partial charge on any atom is -0.493 e. The molecule has 0 bridgehead atoms. The fraction of sp³-hybridized carbons (Fsp3) is 0.438. The van der Waals surface area contributed by atoms with E-state index in [1.165, 1.54) is 0 Å². The Labute approximate surface area is 124 Å². The summed E-state index contributed by atoms with van der Waals surface area (Å²) < 4.78 is 10.8. The van der Waals surface area contributed by atoms with Gasteiger partial charge in [-0.15, -0.1) is 0 Å². The van der Waals surface area contributed by atoms with Crippen molar-refractivity contribution < 1.29 is 9.47 Å². The van der Waals surface area contributed by atoms with Crippen molar-refractivity contribution in [1.29, 1.82) is 0 Å². The number of aromatic nitrogens is 1. The Hall–Kier alpha value is -2.01. The number of methoxy groups -OCH3 is 2. The molecule has 0 amide bonds. The summed E-state index contributed by atoms with van der Waals surface area (Å²) in [6.07, 6.45) is 4.02. The largest absolute Gasteiger partial charge is 0.493 e. The summed E-state index contributed by atoms with van der Waals surface area (Å²) in [5.41, 5.74) is 6.09. The monoisotopic (exact) mass is 287 g/mol. The first-order chi connectivity index (χ1) is 10.2. The van der Waals surface area contributed by atoms with Gasteiger partial charge in [0.1, 0.15) is 5.82 Å². The van der Waals surface area contributed by atoms with Crippen molar-refractivity contribution in [3.05, 3.63) is 24.4 Å². The van der Waals surface area contributed by atoms with Crippen molar-refractivity contribution in [1.82, 2.24) is 4.98 Å². The molecule has 2 heterocycles. The van der Waals surface area contributed by atoms with E-state index in [-0.39, 0.29) is 6.04 Å². The molecule has 112 valence electrons. The van der Waals surface area contributed by atoms with Gasteiger partial charge >= 0.3 is 0 Å². The zero-order valence-electron chi connectivity index (χ0n) is 12.5. The molecule has 21 heavy (non-hydrogen) atoms. The Morgan fingerprint density at radius 2 is 2.00 bits per heavy atom. The predicted octanol–water partition coefficient (Wildman–Crippen LogP) is 2.18. The maximum absolute atomic E-state index is 6.09. The van der Waals surface area contributed by atoms with Crippen LogP contribution in [0.25, 0.3) is 10.8 Å². The fourth-order valence-corrected chi connectivity index (χ4v) is 2.94. The number of rotatable bonds is 3. The molecule has 1 atom stereocenters. The van der Waals surface area contributed by atoms with Crippen molar-refractivity contribution in [3.63, 3.8) is 0 Å². The highest BCUT2D eigenvalue weighted by atomic mass is 16.5. The molecule has 1 fully saturated rings. The minimum absolute atomic E-state index is 0.218. The van der Waals surface area contributed by atoms with E-state index >= 15 is 0 Å². The Bertz CT molecular complexity index is 645. The molecule has 0 unspecified atom stereocenters. The van der Waals surface area contributed by atoms with Crippen LogP contribution in [0.5, 0.6) is 11.5 Å². The Morgan fingerprint density at radius 1 is 1.24 bits per heavy atom. The summed E-state index contributed by atoms with van der Waals surface area (Å²) in [6.45, 7) is 1.84. The van der Waals surface area contributed by atoms with Gasteiger partial charge in [0.2, 0.25) is 0 Å². The highest BCUT2D eigenvalue weighted by molar-refractivity contribution is 5.94. The highest BCUT2D eigenvalue weighted by Crippen LogP contribution is 2.36. The van der Waals surface area contributed by atoms with Crippen LogP contribution in [0.1, 0.15) is 12.8 Å². The van der Waals surface area contributed by atoms with Crippen molar-refractivity contribution in [2.75, 3.05) is 32.2 Å². The van der Waals surface area contributed by atoms with Crippen LogP contribution in [0.3, 0.4) is 0 Å². The third-order valence-corrected chi connectivity index (χ3v) is 4.00. The summed E-state index contributed by atoms with van der Waals surface area (Å²) in [7, 11) is 3.30. The van der Waals surface area contributed by atoms with Crippen LogP contribution < -0.4 is 20.1 Å². The first kappa shape index (κ1) is 13.9. The molecule has 3 rings (SSSR count). The maximum atomic E-state index is 6.09. The quantitative estimate of drug-likeness (QED) is 0.937. The van der Waals surface area contributed by atoms with Crippen LogP contribution in [0, 0.1) is 0 Å². The van der Waals surface area contributed by atoms with E-state index in [0.717, 1.165) is 54.0 Å². The first-order valence-electron chi connectivity index (χ1n) is 7.24. The van der Waals surface area contributed by atoms with Crippen molar-refractivity contribution in [2.45, 2.75) is 18.9 Å². The number of pyridine rings is 1. The lowest BCUT2D eigenvalue weighted by Crippen LogP contribution is -2.43. The minimum atomic E-state index is 0.218. The van der Waals surface area contributed by atoms with Crippen LogP contribution in [0.4, 0.5) is 5.82 Å². The number of nitrogens with zero attached hydrogens (tertiary/aromatic N) is 2. The van der Waals surface area contributed by atoms with Gasteiger partial charge in [0.15, 0.2) is 11.5 Å². The summed E-state index contributed by atoms with van der Waals surface area (Å²) in [6, 6.07) is 6.20. The second-order valence-corrected chi connectivity index (χ2v) is 5.41. The molecular weight excluding hydrogens is 266 g/mol. The lowest BCUT2D eigenvalue weighted by molar-refractivity contribution is 0.356. The predicted molar refractivity (Wildman–Crippen MR) is 84.3 cm³/mol. The van der Waals surface area contributed by atoms with Gasteiger partial charge in [-0.3, -0.25) is 0 Å². The smallest absolute Gasteiger partial charge is 0.161 e. The van der Waals surface area contributed by atoms with E-state index < -0.39 is 0 Å². The molecule has 1 aliphatic heterocycles. The summed E-state index contributed by atoms with van der Waals surface area (Å²) >= 11 is 0. The molecule has 0 radical (unpaired) electrons. The van der Waals surface area contributed by atoms with Gasteiger partial charge in [-0.25, -0.2) is 4.98 Å². The lowest BCUT2D eigenvalue weighted by atomic mass is 10.1. The number of fused-ring (bicyclic) bond motifs is 1. The van der Waals surface area contributed by atoms with E-state index in [1.54, 1.807) is 14.2 Å². The van der Waals surface area contributed by atoms with Crippen LogP contribution in [0.15, 0.2) is 24.4 Å². The number of nitrogens with two attached hydrogens (primary N) is 1. The van der Waals surface area contributed by atoms with Crippen molar-refractivity contribution in [2.24, 2.45) is 5.73 Å². The maximum Gasteiger partial charge on any atom is 0.161 e. The molecule has 2 aromatic rings. The van der Waals surface area contributed by atoms with Gasteiger partial charge in [0.25, 0.3) is 0 Å². The first-order valence-corrected chi connectivity index (χ1v) is 7.24. The Kier molecular flexibility index (Phi) is 3.84. The Balaban J connectivity index is 2.10. The van der Waals surface area contributed by atoms with E-state index in [9.17, 15) is 0 Å². The molecule has 5 nitrogen and oxygen atoms in total.